The summed E-state index contributed by atoms with van der Waals surface area (Å²) in [5, 5.41) is 0.108. The molecular weight excluding hydrogens is 188 g/mol. The molecule has 0 saturated heterocycles. The minimum Gasteiger partial charge on any atom is -0.432 e. The summed E-state index contributed by atoms with van der Waals surface area (Å²) < 4.78 is 0. The third-order valence-corrected chi connectivity index (χ3v) is 7.05. The Hall–Kier alpha value is -0.0831. The Bertz CT molecular complexity index is 179. The summed E-state index contributed by atoms with van der Waals surface area (Å²) in [7, 11) is -2.03. The molecule has 0 bridgehead atoms. The van der Waals surface area contributed by atoms with E-state index < -0.39 is 8.32 Å². The molecule has 1 atom stereocenters. The Labute approximate surface area is 90.4 Å². The summed E-state index contributed by atoms with van der Waals surface area (Å²) in [5.41, 5.74) is 0. The molecule has 0 aliphatic carbocycles. The summed E-state index contributed by atoms with van der Waals surface area (Å²) in [6, 6.07) is 0. The van der Waals surface area contributed by atoms with Crippen LogP contribution in [0.1, 0.15) is 40.0 Å². The van der Waals surface area contributed by atoms with Gasteiger partial charge in [0.2, 0.25) is 0 Å². The van der Waals surface area contributed by atoms with Gasteiger partial charge >= 0.3 is 0 Å². The highest BCUT2D eigenvalue weighted by molar-refractivity contribution is 6.72. The van der Waals surface area contributed by atoms with Crippen molar-refractivity contribution in [1.29, 1.82) is 0 Å². The van der Waals surface area contributed by atoms with E-state index >= 15 is 0 Å². The van der Waals surface area contributed by atoms with Gasteiger partial charge in [0.1, 0.15) is 0 Å². The second-order valence-corrected chi connectivity index (χ2v) is 9.92. The summed E-state index contributed by atoms with van der Waals surface area (Å²) in [4.78, 5) is 10.2. The van der Waals surface area contributed by atoms with Crippen molar-refractivity contribution in [3.8, 4) is 0 Å². The normalized spacial score (nSPS) is 15.3. The number of allylic oxidation sites excluding steroid dienone is 1. The predicted octanol–water partition coefficient (Wildman–Crippen LogP) is 3.96. The van der Waals surface area contributed by atoms with Crippen molar-refractivity contribution in [2.24, 2.45) is 5.92 Å². The van der Waals surface area contributed by atoms with Crippen molar-refractivity contribution < 1.29 is 4.80 Å². The van der Waals surface area contributed by atoms with Crippen LogP contribution >= 0.6 is 0 Å². The monoisotopic (exact) mass is 214 g/mol. The molecule has 0 heterocycles. The maximum Gasteiger partial charge on any atom is 0.188 e. The van der Waals surface area contributed by atoms with Crippen LogP contribution in [0.4, 0.5) is 0 Å². The van der Waals surface area contributed by atoms with Gasteiger partial charge in [-0.3, -0.25) is 0 Å². The van der Waals surface area contributed by atoms with E-state index in [4.69, 9.17) is 0 Å². The minimum absolute atomic E-state index is 0.108. The standard InChI is InChI=1S/C12H26OSi/c1-7-9-11(8-2)10-12(3,4)14(5,6)13/h7,11,13H,1,8-10H2,2-6H3. The smallest absolute Gasteiger partial charge is 0.188 e. The van der Waals surface area contributed by atoms with E-state index in [1.807, 2.05) is 19.2 Å². The second-order valence-electron chi connectivity index (χ2n) is 5.45. The highest BCUT2D eigenvalue weighted by Crippen LogP contribution is 2.42. The number of hydrogen-bond donors (Lipinski definition) is 1. The highest BCUT2D eigenvalue weighted by Gasteiger charge is 2.38. The SMILES string of the molecule is C=CCC(CC)CC(C)(C)[Si](C)(C)O. The molecule has 1 unspecified atom stereocenters. The van der Waals surface area contributed by atoms with Crippen molar-refractivity contribution in [1.82, 2.24) is 0 Å². The first-order valence-electron chi connectivity index (χ1n) is 5.58. The Balaban J connectivity index is 4.39. The van der Waals surface area contributed by atoms with Gasteiger partial charge in [0.15, 0.2) is 8.32 Å². The Kier molecular flexibility index (Phi) is 5.10. The van der Waals surface area contributed by atoms with Crippen LogP contribution < -0.4 is 0 Å². The quantitative estimate of drug-likeness (QED) is 0.524. The molecule has 2 heteroatoms. The number of hydrogen-bond acceptors (Lipinski definition) is 1. The van der Waals surface area contributed by atoms with Gasteiger partial charge in [-0.25, -0.2) is 0 Å². The summed E-state index contributed by atoms with van der Waals surface area (Å²) in [6.45, 7) is 14.5. The maximum atomic E-state index is 10.2. The Morgan fingerprint density at radius 2 is 1.93 bits per heavy atom. The van der Waals surface area contributed by atoms with Gasteiger partial charge in [-0.2, -0.15) is 0 Å². The van der Waals surface area contributed by atoms with E-state index in [9.17, 15) is 4.80 Å². The van der Waals surface area contributed by atoms with Crippen LogP contribution in [0.2, 0.25) is 18.1 Å². The van der Waals surface area contributed by atoms with Crippen LogP contribution in [0.15, 0.2) is 12.7 Å². The van der Waals surface area contributed by atoms with Gasteiger partial charge in [-0.15, -0.1) is 6.58 Å². The van der Waals surface area contributed by atoms with E-state index in [1.165, 1.54) is 6.42 Å². The minimum atomic E-state index is -2.03. The van der Waals surface area contributed by atoms with Gasteiger partial charge in [0.05, 0.1) is 0 Å². The van der Waals surface area contributed by atoms with Gasteiger partial charge in [0, 0.05) is 0 Å². The topological polar surface area (TPSA) is 20.2 Å². The van der Waals surface area contributed by atoms with Crippen molar-refractivity contribution in [2.75, 3.05) is 0 Å². The Morgan fingerprint density at radius 1 is 1.43 bits per heavy atom. The summed E-state index contributed by atoms with van der Waals surface area (Å²) in [5.74, 6) is 0.682. The van der Waals surface area contributed by atoms with Gasteiger partial charge in [-0.1, -0.05) is 33.3 Å². The molecule has 0 aromatic carbocycles. The van der Waals surface area contributed by atoms with E-state index in [-0.39, 0.29) is 5.04 Å². The summed E-state index contributed by atoms with van der Waals surface area (Å²) in [6.07, 6.45) is 5.37. The fourth-order valence-electron chi connectivity index (χ4n) is 1.60. The highest BCUT2D eigenvalue weighted by atomic mass is 28.4. The van der Waals surface area contributed by atoms with E-state index in [0.717, 1.165) is 12.8 Å². The maximum absolute atomic E-state index is 10.2. The first kappa shape index (κ1) is 13.9. The fraction of sp³-hybridized carbons (Fsp3) is 0.833. The molecule has 1 nitrogen and oxygen atoms in total. The summed E-state index contributed by atoms with van der Waals surface area (Å²) >= 11 is 0. The van der Waals surface area contributed by atoms with Crippen LogP contribution in [0.3, 0.4) is 0 Å². The van der Waals surface area contributed by atoms with Crippen molar-refractivity contribution in [3.05, 3.63) is 12.7 Å². The van der Waals surface area contributed by atoms with E-state index in [0.29, 0.717) is 5.92 Å². The molecule has 0 saturated carbocycles. The molecule has 0 amide bonds. The molecule has 0 aromatic rings. The third kappa shape index (κ3) is 3.97. The van der Waals surface area contributed by atoms with Gasteiger partial charge in [0.25, 0.3) is 0 Å². The zero-order chi connectivity index (χ0) is 11.4. The molecule has 0 aliphatic heterocycles. The molecule has 0 radical (unpaired) electrons. The fourth-order valence-corrected chi connectivity index (χ4v) is 2.39. The van der Waals surface area contributed by atoms with E-state index in [2.05, 4.69) is 27.4 Å². The van der Waals surface area contributed by atoms with Crippen LogP contribution in [0.25, 0.3) is 0 Å². The van der Waals surface area contributed by atoms with Crippen molar-refractivity contribution >= 4 is 8.32 Å². The molecule has 0 spiro atoms. The average molecular weight is 214 g/mol. The van der Waals surface area contributed by atoms with Crippen molar-refractivity contribution in [3.63, 3.8) is 0 Å². The molecule has 0 fully saturated rings. The van der Waals surface area contributed by atoms with Crippen LogP contribution in [-0.4, -0.2) is 13.1 Å². The van der Waals surface area contributed by atoms with Crippen LogP contribution in [-0.2, 0) is 0 Å². The second kappa shape index (κ2) is 5.13. The number of rotatable bonds is 6. The lowest BCUT2D eigenvalue weighted by Gasteiger charge is -2.37. The molecule has 0 aromatic heterocycles. The van der Waals surface area contributed by atoms with E-state index in [1.54, 1.807) is 0 Å². The molecule has 0 aliphatic rings. The van der Waals surface area contributed by atoms with Gasteiger partial charge < -0.3 is 4.80 Å². The van der Waals surface area contributed by atoms with Crippen LogP contribution in [0, 0.1) is 5.92 Å². The molecule has 1 N–H and O–H groups in total. The zero-order valence-electron chi connectivity index (χ0n) is 10.4. The molecule has 14 heavy (non-hydrogen) atoms. The molecule has 0 rings (SSSR count). The zero-order valence-corrected chi connectivity index (χ0v) is 11.4. The third-order valence-electron chi connectivity index (χ3n) is 3.53. The molecular formula is C12H26OSi. The predicted molar refractivity (Wildman–Crippen MR) is 67.0 cm³/mol. The molecule has 84 valence electrons. The van der Waals surface area contributed by atoms with Gasteiger partial charge in [-0.05, 0) is 36.9 Å². The first-order chi connectivity index (χ1) is 6.24. The largest absolute Gasteiger partial charge is 0.432 e. The first-order valence-corrected chi connectivity index (χ1v) is 8.52. The lowest BCUT2D eigenvalue weighted by atomic mass is 9.91. The van der Waals surface area contributed by atoms with Crippen LogP contribution in [0.5, 0.6) is 0 Å². The Morgan fingerprint density at radius 3 is 2.21 bits per heavy atom. The van der Waals surface area contributed by atoms with Crippen molar-refractivity contribution in [2.45, 2.75) is 58.2 Å². The lowest BCUT2D eigenvalue weighted by molar-refractivity contribution is 0.368. The lowest BCUT2D eigenvalue weighted by Crippen LogP contribution is -2.40. The average Bonchev–Trinajstić information content (AvgIpc) is 2.01.